The molecular weight excluding hydrogens is 288 g/mol. The lowest BCUT2D eigenvalue weighted by Gasteiger charge is -2.21. The van der Waals surface area contributed by atoms with Gasteiger partial charge in [-0.2, -0.15) is 0 Å². The van der Waals surface area contributed by atoms with Crippen LogP contribution in [0, 0.1) is 0 Å². The summed E-state index contributed by atoms with van der Waals surface area (Å²) in [7, 11) is 0. The Morgan fingerprint density at radius 2 is 1.48 bits per heavy atom. The minimum atomic E-state index is -0.582. The van der Waals surface area contributed by atoms with Crippen LogP contribution in [0.15, 0.2) is 60.7 Å². The zero-order valence-electron chi connectivity index (χ0n) is 13.5. The molecule has 0 saturated heterocycles. The van der Waals surface area contributed by atoms with Crippen LogP contribution in [0.4, 0.5) is 0 Å². The third-order valence-electron chi connectivity index (χ3n) is 3.63. The summed E-state index contributed by atoms with van der Waals surface area (Å²) in [5.74, 6) is -0.395. The summed E-state index contributed by atoms with van der Waals surface area (Å²) in [5, 5.41) is 5.70. The van der Waals surface area contributed by atoms with Crippen LogP contribution in [-0.2, 0) is 16.0 Å². The number of amides is 2. The van der Waals surface area contributed by atoms with Gasteiger partial charge in [0.15, 0.2) is 0 Å². The summed E-state index contributed by atoms with van der Waals surface area (Å²) < 4.78 is 0. The van der Waals surface area contributed by atoms with Crippen molar-refractivity contribution < 1.29 is 9.59 Å². The monoisotopic (exact) mass is 310 g/mol. The predicted molar refractivity (Wildman–Crippen MR) is 90.8 cm³/mol. The highest BCUT2D eigenvalue weighted by Crippen LogP contribution is 2.12. The van der Waals surface area contributed by atoms with E-state index in [2.05, 4.69) is 10.6 Å². The molecule has 0 aliphatic heterocycles. The highest BCUT2D eigenvalue weighted by molar-refractivity contribution is 5.87. The maximum Gasteiger partial charge on any atom is 0.243 e. The molecule has 4 nitrogen and oxygen atoms in total. The Balaban J connectivity index is 2.05. The standard InChI is InChI=1S/C19H22N2O2/c1-14(17-11-7-4-8-12-17)20-19(23)18(21-15(2)22)13-16-9-5-3-6-10-16/h3-12,14,18H,13H2,1-2H3,(H,20,23)(H,21,22)/t14-,18+/m1/s1. The molecule has 0 aliphatic rings. The van der Waals surface area contributed by atoms with Crippen LogP contribution >= 0.6 is 0 Å². The summed E-state index contributed by atoms with van der Waals surface area (Å²) in [6, 6.07) is 18.7. The molecule has 2 aromatic rings. The van der Waals surface area contributed by atoms with Gasteiger partial charge < -0.3 is 10.6 Å². The van der Waals surface area contributed by atoms with E-state index in [1.54, 1.807) is 0 Å². The van der Waals surface area contributed by atoms with Crippen LogP contribution in [-0.4, -0.2) is 17.9 Å². The van der Waals surface area contributed by atoms with Crippen LogP contribution in [0.3, 0.4) is 0 Å². The van der Waals surface area contributed by atoms with Crippen LogP contribution in [0.5, 0.6) is 0 Å². The Hall–Kier alpha value is -2.62. The molecule has 0 radical (unpaired) electrons. The van der Waals surface area contributed by atoms with Crippen molar-refractivity contribution >= 4 is 11.8 Å². The fourth-order valence-electron chi connectivity index (χ4n) is 2.44. The first-order chi connectivity index (χ1) is 11.1. The smallest absolute Gasteiger partial charge is 0.243 e. The first kappa shape index (κ1) is 16.7. The van der Waals surface area contributed by atoms with Gasteiger partial charge in [0.1, 0.15) is 6.04 Å². The molecular formula is C19H22N2O2. The molecule has 0 spiro atoms. The van der Waals surface area contributed by atoms with E-state index in [1.807, 2.05) is 67.6 Å². The second-order valence-electron chi connectivity index (χ2n) is 5.58. The molecule has 2 aromatic carbocycles. The largest absolute Gasteiger partial charge is 0.348 e. The van der Waals surface area contributed by atoms with Crippen LogP contribution < -0.4 is 10.6 Å². The molecule has 120 valence electrons. The number of hydrogen-bond acceptors (Lipinski definition) is 2. The van der Waals surface area contributed by atoms with Gasteiger partial charge in [-0.25, -0.2) is 0 Å². The van der Waals surface area contributed by atoms with Crippen molar-refractivity contribution in [2.24, 2.45) is 0 Å². The van der Waals surface area contributed by atoms with E-state index in [4.69, 9.17) is 0 Å². The highest BCUT2D eigenvalue weighted by Gasteiger charge is 2.21. The van der Waals surface area contributed by atoms with Crippen molar-refractivity contribution in [2.45, 2.75) is 32.4 Å². The van der Waals surface area contributed by atoms with Crippen molar-refractivity contribution in [1.29, 1.82) is 0 Å². The summed E-state index contributed by atoms with van der Waals surface area (Å²) in [6.45, 7) is 3.35. The van der Waals surface area contributed by atoms with Gasteiger partial charge in [0, 0.05) is 13.3 Å². The summed E-state index contributed by atoms with van der Waals surface area (Å²) in [4.78, 5) is 24.0. The Bertz CT molecular complexity index is 641. The second-order valence-corrected chi connectivity index (χ2v) is 5.58. The van der Waals surface area contributed by atoms with Gasteiger partial charge >= 0.3 is 0 Å². The number of hydrogen-bond donors (Lipinski definition) is 2. The van der Waals surface area contributed by atoms with Gasteiger partial charge in [0.05, 0.1) is 6.04 Å². The molecule has 0 saturated carbocycles. The lowest BCUT2D eigenvalue weighted by atomic mass is 10.0. The van der Waals surface area contributed by atoms with E-state index < -0.39 is 6.04 Å². The van der Waals surface area contributed by atoms with Gasteiger partial charge in [-0.3, -0.25) is 9.59 Å². The molecule has 0 unspecified atom stereocenters. The highest BCUT2D eigenvalue weighted by atomic mass is 16.2. The van der Waals surface area contributed by atoms with E-state index in [9.17, 15) is 9.59 Å². The summed E-state index contributed by atoms with van der Waals surface area (Å²) in [5.41, 5.74) is 2.04. The van der Waals surface area contributed by atoms with Gasteiger partial charge in [0.2, 0.25) is 11.8 Å². The maximum absolute atomic E-state index is 12.5. The molecule has 0 aromatic heterocycles. The number of benzene rings is 2. The number of carbonyl (C=O) groups is 2. The quantitative estimate of drug-likeness (QED) is 0.861. The fraction of sp³-hybridized carbons (Fsp3) is 0.263. The molecule has 4 heteroatoms. The molecule has 2 N–H and O–H groups in total. The second kappa shape index (κ2) is 8.13. The van der Waals surface area contributed by atoms with E-state index in [1.165, 1.54) is 6.92 Å². The third kappa shape index (κ3) is 5.25. The number of carbonyl (C=O) groups excluding carboxylic acids is 2. The first-order valence-electron chi connectivity index (χ1n) is 7.72. The fourth-order valence-corrected chi connectivity index (χ4v) is 2.44. The summed E-state index contributed by atoms with van der Waals surface area (Å²) in [6.07, 6.45) is 0.466. The summed E-state index contributed by atoms with van der Waals surface area (Å²) >= 11 is 0. The van der Waals surface area contributed by atoms with Crippen molar-refractivity contribution in [2.75, 3.05) is 0 Å². The molecule has 0 fully saturated rings. The molecule has 0 aliphatic carbocycles. The van der Waals surface area contributed by atoms with Crippen LogP contribution in [0.1, 0.15) is 31.0 Å². The van der Waals surface area contributed by atoms with Crippen LogP contribution in [0.25, 0.3) is 0 Å². The van der Waals surface area contributed by atoms with Crippen molar-refractivity contribution in [3.05, 3.63) is 71.8 Å². The van der Waals surface area contributed by atoms with Crippen molar-refractivity contribution in [3.63, 3.8) is 0 Å². The Labute approximate surface area is 136 Å². The predicted octanol–water partition coefficient (Wildman–Crippen LogP) is 2.61. The lowest BCUT2D eigenvalue weighted by molar-refractivity contribution is -0.128. The van der Waals surface area contributed by atoms with Gasteiger partial charge in [-0.15, -0.1) is 0 Å². The van der Waals surface area contributed by atoms with E-state index >= 15 is 0 Å². The molecule has 23 heavy (non-hydrogen) atoms. The molecule has 0 bridgehead atoms. The Kier molecular flexibility index (Phi) is 5.92. The Morgan fingerprint density at radius 3 is 2.04 bits per heavy atom. The average Bonchev–Trinajstić information content (AvgIpc) is 2.55. The topological polar surface area (TPSA) is 58.2 Å². The molecule has 2 amide bonds. The SMILES string of the molecule is CC(=O)N[C@@H](Cc1ccccc1)C(=O)N[C@H](C)c1ccccc1. The van der Waals surface area contributed by atoms with Gasteiger partial charge in [0.25, 0.3) is 0 Å². The van der Waals surface area contributed by atoms with Crippen molar-refractivity contribution in [1.82, 2.24) is 10.6 Å². The zero-order valence-corrected chi connectivity index (χ0v) is 13.5. The van der Waals surface area contributed by atoms with E-state index in [0.29, 0.717) is 6.42 Å². The Morgan fingerprint density at radius 1 is 0.913 bits per heavy atom. The van der Waals surface area contributed by atoms with E-state index in [0.717, 1.165) is 11.1 Å². The van der Waals surface area contributed by atoms with Gasteiger partial charge in [-0.05, 0) is 18.1 Å². The zero-order chi connectivity index (χ0) is 16.7. The third-order valence-corrected chi connectivity index (χ3v) is 3.63. The molecule has 0 heterocycles. The molecule has 2 rings (SSSR count). The normalized spacial score (nSPS) is 13.0. The average molecular weight is 310 g/mol. The van der Waals surface area contributed by atoms with Crippen LogP contribution in [0.2, 0.25) is 0 Å². The number of nitrogens with one attached hydrogen (secondary N) is 2. The molecule has 2 atom stereocenters. The number of rotatable bonds is 6. The maximum atomic E-state index is 12.5. The van der Waals surface area contributed by atoms with Crippen molar-refractivity contribution in [3.8, 4) is 0 Å². The first-order valence-corrected chi connectivity index (χ1v) is 7.72. The van der Waals surface area contributed by atoms with E-state index in [-0.39, 0.29) is 17.9 Å². The lowest BCUT2D eigenvalue weighted by Crippen LogP contribution is -2.47. The van der Waals surface area contributed by atoms with Gasteiger partial charge in [-0.1, -0.05) is 60.7 Å². The minimum Gasteiger partial charge on any atom is -0.348 e. The minimum absolute atomic E-state index is 0.115.